The first-order valence-corrected chi connectivity index (χ1v) is 9.37. The fraction of sp³-hybridized carbons (Fsp3) is 0.421. The summed E-state index contributed by atoms with van der Waals surface area (Å²) in [6.45, 7) is 7.62. The van der Waals surface area contributed by atoms with E-state index in [9.17, 15) is 4.79 Å². The van der Waals surface area contributed by atoms with Crippen molar-refractivity contribution >= 4 is 17.2 Å². The highest BCUT2D eigenvalue weighted by Crippen LogP contribution is 2.20. The van der Waals surface area contributed by atoms with Crippen LogP contribution >= 0.6 is 11.3 Å². The number of hydrogen-bond acceptors (Lipinski definition) is 3. The van der Waals surface area contributed by atoms with Crippen LogP contribution in [0.25, 0.3) is 0 Å². The lowest BCUT2D eigenvalue weighted by Crippen LogP contribution is -3.15. The first kappa shape index (κ1) is 17.1. The number of aryl methyl sites for hydroxylation is 1. The smallest absolute Gasteiger partial charge is 0.251 e. The predicted molar refractivity (Wildman–Crippen MR) is 96.7 cm³/mol. The Bertz CT molecular complexity index is 666. The van der Waals surface area contributed by atoms with Gasteiger partial charge in [-0.05, 0) is 36.9 Å². The van der Waals surface area contributed by atoms with E-state index in [0.717, 1.165) is 37.4 Å². The Labute approximate surface area is 147 Å². The second kappa shape index (κ2) is 7.92. The van der Waals surface area contributed by atoms with Crippen molar-refractivity contribution in [1.29, 1.82) is 0 Å². The maximum atomic E-state index is 12.7. The summed E-state index contributed by atoms with van der Waals surface area (Å²) in [5.74, 6) is 0.00909. The highest BCUT2D eigenvalue weighted by molar-refractivity contribution is 7.10. The number of amides is 1. The van der Waals surface area contributed by atoms with Gasteiger partial charge >= 0.3 is 0 Å². The minimum absolute atomic E-state index is 0.00909. The molecule has 1 aromatic carbocycles. The summed E-state index contributed by atoms with van der Waals surface area (Å²) < 4.78 is 5.51. The van der Waals surface area contributed by atoms with Crippen LogP contribution in [0.2, 0.25) is 0 Å². The van der Waals surface area contributed by atoms with Crippen molar-refractivity contribution in [2.75, 3.05) is 26.3 Å². The lowest BCUT2D eigenvalue weighted by atomic mass is 10.0. The molecule has 128 valence electrons. The van der Waals surface area contributed by atoms with Crippen molar-refractivity contribution in [3.05, 3.63) is 57.8 Å². The molecule has 0 unspecified atom stereocenters. The van der Waals surface area contributed by atoms with E-state index >= 15 is 0 Å². The second-order valence-corrected chi connectivity index (χ2v) is 7.32. The molecule has 1 saturated heterocycles. The van der Waals surface area contributed by atoms with Crippen LogP contribution in [-0.4, -0.2) is 38.3 Å². The van der Waals surface area contributed by atoms with Gasteiger partial charge in [0.25, 0.3) is 5.91 Å². The lowest BCUT2D eigenvalue weighted by molar-refractivity contribution is -0.939. The lowest BCUT2D eigenvalue weighted by Gasteiger charge is -2.34. The Morgan fingerprint density at radius 1 is 1.21 bits per heavy atom. The van der Waals surface area contributed by atoms with Crippen LogP contribution in [0.1, 0.15) is 33.8 Å². The summed E-state index contributed by atoms with van der Waals surface area (Å²) in [5.41, 5.74) is 1.76. The number of quaternary nitrogens is 1. The van der Waals surface area contributed by atoms with Crippen LogP contribution in [0.3, 0.4) is 0 Å². The van der Waals surface area contributed by atoms with Crippen molar-refractivity contribution < 1.29 is 14.4 Å². The van der Waals surface area contributed by atoms with Crippen molar-refractivity contribution in [2.45, 2.75) is 25.9 Å². The molecule has 2 N–H and O–H groups in total. The van der Waals surface area contributed by atoms with Gasteiger partial charge in [-0.2, -0.15) is 0 Å². The molecule has 0 bridgehead atoms. The van der Waals surface area contributed by atoms with Gasteiger partial charge in [-0.15, -0.1) is 11.3 Å². The van der Waals surface area contributed by atoms with E-state index in [1.54, 1.807) is 11.3 Å². The summed E-state index contributed by atoms with van der Waals surface area (Å²) in [5, 5.41) is 5.34. The Morgan fingerprint density at radius 2 is 1.96 bits per heavy atom. The highest BCUT2D eigenvalue weighted by atomic mass is 32.1. The number of nitrogens with one attached hydrogen (secondary N) is 2. The molecule has 0 aliphatic carbocycles. The van der Waals surface area contributed by atoms with E-state index in [2.05, 4.69) is 29.8 Å². The van der Waals surface area contributed by atoms with Gasteiger partial charge in [-0.1, -0.05) is 24.3 Å². The van der Waals surface area contributed by atoms with Crippen LogP contribution in [0.15, 0.2) is 41.8 Å². The Balaban J connectivity index is 1.77. The molecule has 1 aliphatic heterocycles. The van der Waals surface area contributed by atoms with Gasteiger partial charge in [-0.3, -0.25) is 4.79 Å². The topological polar surface area (TPSA) is 42.8 Å². The van der Waals surface area contributed by atoms with E-state index in [-0.39, 0.29) is 18.0 Å². The summed E-state index contributed by atoms with van der Waals surface area (Å²) in [4.78, 5) is 15.5. The van der Waals surface area contributed by atoms with Gasteiger partial charge in [0.1, 0.15) is 19.1 Å². The molecule has 2 aromatic rings. The molecular weight excluding hydrogens is 320 g/mol. The molecule has 0 saturated carbocycles. The van der Waals surface area contributed by atoms with Crippen molar-refractivity contribution in [3.8, 4) is 0 Å². The monoisotopic (exact) mass is 345 g/mol. The average Bonchev–Trinajstić information content (AvgIpc) is 3.10. The van der Waals surface area contributed by atoms with Crippen LogP contribution in [-0.2, 0) is 4.74 Å². The Kier molecular flexibility index (Phi) is 5.66. The Hall–Kier alpha value is -1.69. The molecule has 1 aliphatic rings. The number of ether oxygens (including phenoxy) is 1. The minimum Gasteiger partial charge on any atom is -0.370 e. The predicted octanol–water partition coefficient (Wildman–Crippen LogP) is 1.83. The van der Waals surface area contributed by atoms with E-state index in [0.29, 0.717) is 0 Å². The molecule has 2 atom stereocenters. The fourth-order valence-corrected chi connectivity index (χ4v) is 4.40. The molecule has 5 heteroatoms. The van der Waals surface area contributed by atoms with Crippen LogP contribution in [0.5, 0.6) is 0 Å². The van der Waals surface area contributed by atoms with Crippen LogP contribution < -0.4 is 10.2 Å². The molecular formula is C19H25N2O2S+. The zero-order valence-electron chi connectivity index (χ0n) is 14.2. The normalized spacial score (nSPS) is 18.1. The van der Waals surface area contributed by atoms with Gasteiger partial charge in [0.2, 0.25) is 0 Å². The summed E-state index contributed by atoms with van der Waals surface area (Å²) in [7, 11) is 0. The Morgan fingerprint density at radius 3 is 2.62 bits per heavy atom. The van der Waals surface area contributed by atoms with Gasteiger partial charge in [0.15, 0.2) is 0 Å². The first-order valence-electron chi connectivity index (χ1n) is 8.49. The third-order valence-electron chi connectivity index (χ3n) is 4.67. The molecule has 4 nitrogen and oxygen atoms in total. The van der Waals surface area contributed by atoms with Gasteiger partial charge in [0, 0.05) is 5.56 Å². The van der Waals surface area contributed by atoms with Crippen LogP contribution in [0.4, 0.5) is 0 Å². The third kappa shape index (κ3) is 3.86. The van der Waals surface area contributed by atoms with Gasteiger partial charge < -0.3 is 15.0 Å². The van der Waals surface area contributed by atoms with Crippen molar-refractivity contribution in [1.82, 2.24) is 5.32 Å². The van der Waals surface area contributed by atoms with Gasteiger partial charge in [-0.25, -0.2) is 0 Å². The molecule has 2 heterocycles. The summed E-state index contributed by atoms with van der Waals surface area (Å²) >= 11 is 1.77. The molecule has 1 fully saturated rings. The van der Waals surface area contributed by atoms with Crippen molar-refractivity contribution in [3.63, 3.8) is 0 Å². The summed E-state index contributed by atoms with van der Waals surface area (Å²) in [6, 6.07) is 12.3. The van der Waals surface area contributed by atoms with E-state index in [1.807, 2.05) is 31.2 Å². The third-order valence-corrected chi connectivity index (χ3v) is 5.63. The molecule has 3 rings (SSSR count). The number of hydrogen-bond donors (Lipinski definition) is 2. The SMILES string of the molecule is Cc1ccccc1C(=O)N[C@@H](C)[C@H](c1cccs1)[NH+]1CCOCC1. The largest absolute Gasteiger partial charge is 0.370 e. The number of benzene rings is 1. The quantitative estimate of drug-likeness (QED) is 0.868. The minimum atomic E-state index is 0.00909. The van der Waals surface area contributed by atoms with E-state index < -0.39 is 0 Å². The average molecular weight is 345 g/mol. The fourth-order valence-electron chi connectivity index (χ4n) is 3.41. The number of thiophene rings is 1. The standard InChI is InChI=1S/C19H24N2O2S/c1-14-6-3-4-7-16(14)19(22)20-15(2)18(17-8-5-13-24-17)21-9-11-23-12-10-21/h3-8,13,15,18H,9-12H2,1-2H3,(H,20,22)/p+1/t15-,18+/m0/s1. The van der Waals surface area contributed by atoms with Gasteiger partial charge in [0.05, 0.1) is 24.1 Å². The molecule has 1 amide bonds. The summed E-state index contributed by atoms with van der Waals surface area (Å²) in [6.07, 6.45) is 0. The molecule has 0 spiro atoms. The zero-order chi connectivity index (χ0) is 16.9. The zero-order valence-corrected chi connectivity index (χ0v) is 15.1. The second-order valence-electron chi connectivity index (χ2n) is 6.34. The highest BCUT2D eigenvalue weighted by Gasteiger charge is 2.33. The molecule has 0 radical (unpaired) electrons. The maximum Gasteiger partial charge on any atom is 0.251 e. The van der Waals surface area contributed by atoms with E-state index in [1.165, 1.54) is 9.78 Å². The number of carbonyl (C=O) groups is 1. The number of rotatable bonds is 5. The number of carbonyl (C=O) groups excluding carboxylic acids is 1. The first-order chi connectivity index (χ1) is 11.7. The van der Waals surface area contributed by atoms with Crippen molar-refractivity contribution in [2.24, 2.45) is 0 Å². The number of morpholine rings is 1. The maximum absolute atomic E-state index is 12.7. The van der Waals surface area contributed by atoms with Crippen LogP contribution in [0, 0.1) is 6.92 Å². The molecule has 1 aromatic heterocycles. The molecule has 24 heavy (non-hydrogen) atoms. The van der Waals surface area contributed by atoms with E-state index in [4.69, 9.17) is 4.74 Å².